The molecule has 0 aliphatic carbocycles. The Balaban J connectivity index is 4.42. The topological polar surface area (TPSA) is 231 Å². The molecule has 0 fully saturated rings. The highest BCUT2D eigenvalue weighted by Crippen LogP contribution is 2.45. The Morgan fingerprint density at radius 1 is 0.276 bits per heavy atom. The first-order valence-corrected chi connectivity index (χ1v) is 44.1. The quantitative estimate of drug-likeness (QED) is 0.0146. The lowest BCUT2D eigenvalue weighted by atomic mass is 10.0. The first kappa shape index (κ1) is 100. The molecule has 0 aliphatic heterocycles. The monoisotopic (exact) mass is 1510 g/mol. The SMILES string of the molecule is CC/C=C\C/C=C\C/C=C\C/C=C\C/C=C\C/C=C\CCCCCCCCCCC(=O)OCC(COP(=O)(O)OCC(O)COP(=O)(O)OCC(O)COC(=O)CCCCCCCCCCCCCCCCC/C=C\C/C=C\C/C=C\C/C=C\C/C=C\CC)OC(=O)CCCCCCC/C=C\CCCC. The molecule has 0 aromatic heterocycles. The van der Waals surface area contributed by atoms with Gasteiger partial charge in [-0.3, -0.25) is 32.5 Å². The number of aliphatic hydroxyl groups excluding tert-OH is 2. The summed E-state index contributed by atoms with van der Waals surface area (Å²) in [6, 6.07) is 0. The average Bonchev–Trinajstić information content (AvgIpc) is 0.918. The second-order valence-corrected chi connectivity index (χ2v) is 30.1. The van der Waals surface area contributed by atoms with E-state index >= 15 is 0 Å². The second kappa shape index (κ2) is 79.0. The fourth-order valence-electron chi connectivity index (χ4n) is 10.8. The smallest absolute Gasteiger partial charge is 0.463 e. The van der Waals surface area contributed by atoms with Gasteiger partial charge in [0.25, 0.3) is 0 Å². The van der Waals surface area contributed by atoms with Crippen molar-refractivity contribution in [2.45, 2.75) is 347 Å². The van der Waals surface area contributed by atoms with E-state index in [1.165, 1.54) is 103 Å². The Kier molecular flexibility index (Phi) is 75.6. The van der Waals surface area contributed by atoms with Crippen LogP contribution in [0.3, 0.4) is 0 Å². The lowest BCUT2D eigenvalue weighted by molar-refractivity contribution is -0.161. The van der Waals surface area contributed by atoms with Crippen LogP contribution in [0.4, 0.5) is 0 Å². The zero-order valence-electron chi connectivity index (χ0n) is 65.9. The molecule has 18 heteroatoms. The van der Waals surface area contributed by atoms with Gasteiger partial charge in [0.05, 0.1) is 26.4 Å². The lowest BCUT2D eigenvalue weighted by Gasteiger charge is -2.21. The van der Waals surface area contributed by atoms with Crippen LogP contribution in [0.25, 0.3) is 0 Å². The number of hydrogen-bond donors (Lipinski definition) is 4. The summed E-state index contributed by atoms with van der Waals surface area (Å²) in [7, 11) is -9.79. The van der Waals surface area contributed by atoms with Gasteiger partial charge in [-0.2, -0.15) is 0 Å². The number of allylic oxidation sites excluding steroid dienone is 24. The summed E-state index contributed by atoms with van der Waals surface area (Å²) in [5, 5.41) is 20.6. The van der Waals surface area contributed by atoms with Crippen LogP contribution in [-0.4, -0.2) is 95.9 Å². The minimum Gasteiger partial charge on any atom is -0.463 e. The Morgan fingerprint density at radius 2 is 0.505 bits per heavy atom. The van der Waals surface area contributed by atoms with Gasteiger partial charge >= 0.3 is 33.6 Å². The number of phosphoric ester groups is 2. The molecule has 0 bridgehead atoms. The van der Waals surface area contributed by atoms with Gasteiger partial charge in [0.15, 0.2) is 6.10 Å². The molecule has 0 aliphatic rings. The highest BCUT2D eigenvalue weighted by atomic mass is 31.2. The molecule has 105 heavy (non-hydrogen) atoms. The minimum atomic E-state index is -4.93. The summed E-state index contributed by atoms with van der Waals surface area (Å²) in [4.78, 5) is 58.6. The maximum Gasteiger partial charge on any atom is 0.472 e. The van der Waals surface area contributed by atoms with Gasteiger partial charge in [0.2, 0.25) is 0 Å². The lowest BCUT2D eigenvalue weighted by Crippen LogP contribution is -2.30. The van der Waals surface area contributed by atoms with Gasteiger partial charge in [-0.25, -0.2) is 9.13 Å². The van der Waals surface area contributed by atoms with Crippen LogP contribution in [0, 0.1) is 0 Å². The molecule has 0 aromatic rings. The standard InChI is InChI=1S/C87H148O16P2/c1-4-7-10-13-16-19-22-24-26-28-30-32-34-36-38-39-40-41-43-45-46-48-50-52-54-56-59-61-64-67-70-73-85(90)97-76-82(88)77-99-104(93,94)100-78-83(89)79-101-105(95,96)102-81-84(103-87(92)75-72-69-66-63-58-21-18-15-12-9-6-3)80-98-86(91)74-71-68-65-62-60-57-55-53-51-49-47-44-42-37-35-33-31-29-27-25-23-20-17-14-11-8-5-2/h7-8,10-11,15-20,24-27,30-33,36-38,42,47,49,82-84,88-89H,4-6,9,12-14,21-23,28-29,34-35,39-41,43-46,48,50-81H2,1-3H3,(H,93,94)(H,95,96)/b10-7-,11-8-,18-15-,19-16-,20-17-,26-24-,27-25-,32-30-,33-31-,38-36-,42-37-,49-47-. The Morgan fingerprint density at radius 3 is 0.810 bits per heavy atom. The zero-order valence-corrected chi connectivity index (χ0v) is 67.6. The number of esters is 3. The van der Waals surface area contributed by atoms with Crippen LogP contribution in [0.15, 0.2) is 146 Å². The predicted molar refractivity (Wildman–Crippen MR) is 436 cm³/mol. The van der Waals surface area contributed by atoms with Gasteiger partial charge < -0.3 is 34.2 Å². The van der Waals surface area contributed by atoms with E-state index in [0.29, 0.717) is 19.3 Å². The normalized spacial score (nSPS) is 14.7. The first-order valence-electron chi connectivity index (χ1n) is 41.1. The summed E-state index contributed by atoms with van der Waals surface area (Å²) in [5.74, 6) is -1.59. The van der Waals surface area contributed by atoms with Crippen molar-refractivity contribution in [1.29, 1.82) is 0 Å². The molecular weight excluding hydrogens is 1360 g/mol. The van der Waals surface area contributed by atoms with E-state index < -0.39 is 91.5 Å². The minimum absolute atomic E-state index is 0.0895. The van der Waals surface area contributed by atoms with Crippen LogP contribution in [0.2, 0.25) is 0 Å². The summed E-state index contributed by atoms with van der Waals surface area (Å²) < 4.78 is 61.1. The maximum absolute atomic E-state index is 12.9. The molecule has 0 amide bonds. The van der Waals surface area contributed by atoms with Crippen LogP contribution < -0.4 is 0 Å². The molecule has 0 rings (SSSR count). The van der Waals surface area contributed by atoms with E-state index in [-0.39, 0.29) is 19.3 Å². The fourth-order valence-corrected chi connectivity index (χ4v) is 12.4. The first-order chi connectivity index (χ1) is 51.2. The van der Waals surface area contributed by atoms with Crippen LogP contribution in [-0.2, 0) is 55.8 Å². The van der Waals surface area contributed by atoms with Gasteiger partial charge in [0.1, 0.15) is 25.4 Å². The Labute approximate surface area is 638 Å². The summed E-state index contributed by atoms with van der Waals surface area (Å²) in [5.41, 5.74) is 0. The van der Waals surface area contributed by atoms with Crippen molar-refractivity contribution >= 4 is 33.6 Å². The molecule has 602 valence electrons. The fraction of sp³-hybridized carbons (Fsp3) is 0.690. The highest BCUT2D eigenvalue weighted by molar-refractivity contribution is 7.47. The molecule has 0 saturated carbocycles. The van der Waals surface area contributed by atoms with Gasteiger partial charge in [-0.1, -0.05) is 321 Å². The number of ether oxygens (including phenoxy) is 3. The van der Waals surface area contributed by atoms with Crippen molar-refractivity contribution in [2.24, 2.45) is 0 Å². The largest absolute Gasteiger partial charge is 0.472 e. The third-order valence-corrected chi connectivity index (χ3v) is 18.9. The van der Waals surface area contributed by atoms with Crippen molar-refractivity contribution < 1.29 is 75.8 Å². The number of unbranched alkanes of at least 4 members (excludes halogenated alkanes) is 30. The van der Waals surface area contributed by atoms with E-state index in [0.717, 1.165) is 167 Å². The van der Waals surface area contributed by atoms with Crippen molar-refractivity contribution in [3.8, 4) is 0 Å². The van der Waals surface area contributed by atoms with E-state index in [9.17, 15) is 43.5 Å². The molecular formula is C87H148O16P2. The molecule has 5 atom stereocenters. The molecule has 0 radical (unpaired) electrons. The van der Waals surface area contributed by atoms with Gasteiger partial charge in [0, 0.05) is 19.3 Å². The molecule has 16 nitrogen and oxygen atoms in total. The van der Waals surface area contributed by atoms with E-state index in [1.54, 1.807) is 0 Å². The number of hydrogen-bond acceptors (Lipinski definition) is 14. The van der Waals surface area contributed by atoms with Crippen LogP contribution in [0.5, 0.6) is 0 Å². The van der Waals surface area contributed by atoms with Crippen molar-refractivity contribution in [2.75, 3.05) is 39.6 Å². The van der Waals surface area contributed by atoms with Gasteiger partial charge in [-0.15, -0.1) is 0 Å². The molecule has 0 saturated heterocycles. The predicted octanol–water partition coefficient (Wildman–Crippen LogP) is 24.4. The Hall–Kier alpha value is -4.57. The highest BCUT2D eigenvalue weighted by Gasteiger charge is 2.29. The zero-order chi connectivity index (χ0) is 76.6. The van der Waals surface area contributed by atoms with Crippen molar-refractivity contribution in [1.82, 2.24) is 0 Å². The molecule has 5 unspecified atom stereocenters. The van der Waals surface area contributed by atoms with Crippen LogP contribution >= 0.6 is 15.6 Å². The number of carbonyl (C=O) groups excluding carboxylic acids is 3. The summed E-state index contributed by atoms with van der Waals surface area (Å²) in [6.07, 6.45) is 97.7. The van der Waals surface area contributed by atoms with E-state index in [2.05, 4.69) is 167 Å². The second-order valence-electron chi connectivity index (χ2n) is 27.2. The van der Waals surface area contributed by atoms with Crippen molar-refractivity contribution in [3.05, 3.63) is 146 Å². The third kappa shape index (κ3) is 80.3. The molecule has 0 spiro atoms. The third-order valence-electron chi connectivity index (χ3n) is 17.0. The molecule has 0 heterocycles. The summed E-state index contributed by atoms with van der Waals surface area (Å²) in [6.45, 7) is 2.40. The Bertz CT molecular complexity index is 2490. The maximum atomic E-state index is 12.9. The number of phosphoric acid groups is 2. The van der Waals surface area contributed by atoms with Crippen molar-refractivity contribution in [3.63, 3.8) is 0 Å². The van der Waals surface area contributed by atoms with Gasteiger partial charge in [-0.05, 0) is 135 Å². The van der Waals surface area contributed by atoms with Crippen LogP contribution in [0.1, 0.15) is 329 Å². The number of rotatable bonds is 77. The number of aliphatic hydroxyl groups is 2. The molecule has 0 aromatic carbocycles. The molecule has 4 N–H and O–H groups in total. The van der Waals surface area contributed by atoms with E-state index in [1.807, 2.05) is 0 Å². The van der Waals surface area contributed by atoms with E-state index in [4.69, 9.17) is 32.3 Å². The number of carbonyl (C=O) groups is 3. The average molecular weight is 1510 g/mol. The summed E-state index contributed by atoms with van der Waals surface area (Å²) >= 11 is 0.